The first-order chi connectivity index (χ1) is 9.04. The van der Waals surface area contributed by atoms with Crippen molar-refractivity contribution in [3.05, 3.63) is 29.8 Å². The molecule has 1 aromatic carbocycles. The van der Waals surface area contributed by atoms with E-state index >= 15 is 0 Å². The van der Waals surface area contributed by atoms with Crippen LogP contribution in [0.3, 0.4) is 0 Å². The van der Waals surface area contributed by atoms with Crippen LogP contribution in [-0.2, 0) is 15.4 Å². The Morgan fingerprint density at radius 2 is 1.70 bits per heavy atom. The first-order valence-electron chi connectivity index (χ1n) is 6.10. The molecule has 0 heterocycles. The summed E-state index contributed by atoms with van der Waals surface area (Å²) in [6.07, 6.45) is -5.00. The fourth-order valence-electron chi connectivity index (χ4n) is 1.50. The molecule has 1 atom stereocenters. The Balaban J connectivity index is 2.83. The van der Waals surface area contributed by atoms with Gasteiger partial charge in [0.1, 0.15) is 6.10 Å². The minimum atomic E-state index is -3.89. The van der Waals surface area contributed by atoms with E-state index in [1.807, 2.05) is 25.5 Å². The first-order valence-corrected chi connectivity index (χ1v) is 7.59. The number of sulfonamides is 1. The Bertz CT molecular complexity index is 536. The van der Waals surface area contributed by atoms with E-state index in [1.54, 1.807) is 12.1 Å². The monoisotopic (exact) mass is 307 g/mol. The molecule has 7 heteroatoms. The van der Waals surface area contributed by atoms with Gasteiger partial charge in [0.05, 0.1) is 4.90 Å². The summed E-state index contributed by atoms with van der Waals surface area (Å²) in [7, 11) is -3.89. The van der Waals surface area contributed by atoms with Crippen molar-refractivity contribution in [3.63, 3.8) is 0 Å². The van der Waals surface area contributed by atoms with Crippen LogP contribution in [0.15, 0.2) is 29.2 Å². The Kier molecular flexibility index (Phi) is 5.23. The van der Waals surface area contributed by atoms with Crippen LogP contribution in [0.4, 0.5) is 8.78 Å². The molecule has 0 aliphatic rings. The molecule has 0 fully saturated rings. The van der Waals surface area contributed by atoms with Crippen molar-refractivity contribution in [1.82, 2.24) is 4.72 Å². The van der Waals surface area contributed by atoms with Crippen LogP contribution in [0.1, 0.15) is 26.3 Å². The smallest absolute Gasteiger partial charge is 0.265 e. The third-order valence-corrected chi connectivity index (χ3v) is 4.24. The van der Waals surface area contributed by atoms with Crippen molar-refractivity contribution < 1.29 is 22.3 Å². The van der Waals surface area contributed by atoms with Gasteiger partial charge in [0.2, 0.25) is 10.0 Å². The molecule has 0 saturated heterocycles. The second-order valence-electron chi connectivity index (χ2n) is 5.53. The van der Waals surface area contributed by atoms with Gasteiger partial charge >= 0.3 is 0 Å². The Hall–Kier alpha value is -1.05. The number of benzene rings is 1. The minimum Gasteiger partial charge on any atom is -0.386 e. The zero-order valence-corrected chi connectivity index (χ0v) is 12.4. The molecule has 0 aliphatic carbocycles. The molecule has 0 spiro atoms. The minimum absolute atomic E-state index is 0.0213. The van der Waals surface area contributed by atoms with Crippen molar-refractivity contribution >= 4 is 10.0 Å². The SMILES string of the molecule is CC(C)(C)c1ccc(S(=O)(=O)NCC(O)C(F)F)cc1. The summed E-state index contributed by atoms with van der Waals surface area (Å²) in [6, 6.07) is 6.19. The van der Waals surface area contributed by atoms with Gasteiger partial charge in [0, 0.05) is 6.54 Å². The molecule has 0 aliphatic heterocycles. The summed E-state index contributed by atoms with van der Waals surface area (Å²) in [5.74, 6) is 0. The van der Waals surface area contributed by atoms with Gasteiger partial charge in [-0.05, 0) is 23.1 Å². The lowest BCUT2D eigenvalue weighted by Gasteiger charge is -2.19. The topological polar surface area (TPSA) is 66.4 Å². The van der Waals surface area contributed by atoms with Gasteiger partial charge in [-0.15, -0.1) is 0 Å². The van der Waals surface area contributed by atoms with Crippen LogP contribution in [0, 0.1) is 0 Å². The number of aliphatic hydroxyl groups is 1. The Morgan fingerprint density at radius 3 is 2.10 bits per heavy atom. The van der Waals surface area contributed by atoms with E-state index in [1.165, 1.54) is 12.1 Å². The summed E-state index contributed by atoms with van der Waals surface area (Å²) in [6.45, 7) is 5.26. The van der Waals surface area contributed by atoms with Crippen LogP contribution in [0.2, 0.25) is 0 Å². The molecule has 1 unspecified atom stereocenters. The van der Waals surface area contributed by atoms with E-state index in [2.05, 4.69) is 0 Å². The van der Waals surface area contributed by atoms with E-state index in [0.29, 0.717) is 0 Å². The maximum absolute atomic E-state index is 12.1. The Morgan fingerprint density at radius 1 is 1.20 bits per heavy atom. The molecule has 0 aromatic heterocycles. The molecule has 0 radical (unpaired) electrons. The number of halogens is 2. The third-order valence-electron chi connectivity index (χ3n) is 2.80. The van der Waals surface area contributed by atoms with Gasteiger partial charge in [0.15, 0.2) is 0 Å². The summed E-state index contributed by atoms with van der Waals surface area (Å²) < 4.78 is 49.9. The van der Waals surface area contributed by atoms with E-state index in [9.17, 15) is 17.2 Å². The highest BCUT2D eigenvalue weighted by atomic mass is 32.2. The number of aliphatic hydroxyl groups excluding tert-OH is 1. The summed E-state index contributed by atoms with van der Waals surface area (Å²) in [4.78, 5) is -0.0213. The molecule has 0 bridgehead atoms. The Labute approximate surface area is 117 Å². The van der Waals surface area contributed by atoms with Crippen LogP contribution in [0.25, 0.3) is 0 Å². The quantitative estimate of drug-likeness (QED) is 0.873. The lowest BCUT2D eigenvalue weighted by Crippen LogP contribution is -2.35. The third kappa shape index (κ3) is 4.50. The van der Waals surface area contributed by atoms with Gasteiger partial charge in [-0.25, -0.2) is 21.9 Å². The summed E-state index contributed by atoms with van der Waals surface area (Å²) in [5.41, 5.74) is 0.853. The zero-order valence-electron chi connectivity index (χ0n) is 11.6. The van der Waals surface area contributed by atoms with Crippen molar-refractivity contribution in [2.24, 2.45) is 0 Å². The van der Waals surface area contributed by atoms with Gasteiger partial charge in [-0.1, -0.05) is 32.9 Å². The average molecular weight is 307 g/mol. The normalized spacial score (nSPS) is 14.6. The van der Waals surface area contributed by atoms with E-state index in [0.717, 1.165) is 5.56 Å². The fraction of sp³-hybridized carbons (Fsp3) is 0.538. The largest absolute Gasteiger partial charge is 0.386 e. The van der Waals surface area contributed by atoms with Gasteiger partial charge in [0.25, 0.3) is 6.43 Å². The van der Waals surface area contributed by atoms with Crippen LogP contribution in [0.5, 0.6) is 0 Å². The number of hydrogen-bond acceptors (Lipinski definition) is 3. The molecule has 2 N–H and O–H groups in total. The maximum Gasteiger partial charge on any atom is 0.265 e. The number of rotatable bonds is 5. The average Bonchev–Trinajstić information content (AvgIpc) is 2.35. The highest BCUT2D eigenvalue weighted by molar-refractivity contribution is 7.89. The fourth-order valence-corrected chi connectivity index (χ4v) is 2.55. The maximum atomic E-state index is 12.1. The summed E-state index contributed by atoms with van der Waals surface area (Å²) in [5, 5.41) is 8.91. The molecule has 114 valence electrons. The molecular weight excluding hydrogens is 288 g/mol. The van der Waals surface area contributed by atoms with E-state index in [4.69, 9.17) is 5.11 Å². The molecule has 4 nitrogen and oxygen atoms in total. The lowest BCUT2D eigenvalue weighted by molar-refractivity contribution is -0.000451. The molecular formula is C13H19F2NO3S. The van der Waals surface area contributed by atoms with Crippen molar-refractivity contribution in [2.45, 2.75) is 43.6 Å². The first kappa shape index (κ1) is 17.0. The predicted octanol–water partition coefficient (Wildman–Crippen LogP) is 1.89. The zero-order chi connectivity index (χ0) is 15.6. The van der Waals surface area contributed by atoms with E-state index < -0.39 is 29.1 Å². The van der Waals surface area contributed by atoms with E-state index in [-0.39, 0.29) is 10.3 Å². The van der Waals surface area contributed by atoms with Crippen LogP contribution in [-0.4, -0.2) is 32.6 Å². The van der Waals surface area contributed by atoms with Crippen LogP contribution >= 0.6 is 0 Å². The number of alkyl halides is 2. The molecule has 0 amide bonds. The van der Waals surface area contributed by atoms with Crippen molar-refractivity contribution in [1.29, 1.82) is 0 Å². The summed E-state index contributed by atoms with van der Waals surface area (Å²) >= 11 is 0. The standard InChI is InChI=1S/C13H19F2NO3S/c1-13(2,3)9-4-6-10(7-5-9)20(18,19)16-8-11(17)12(14)15/h4-7,11-12,16-17H,8H2,1-3H3. The molecule has 1 aromatic rings. The second-order valence-corrected chi connectivity index (χ2v) is 7.30. The highest BCUT2D eigenvalue weighted by Gasteiger charge is 2.22. The van der Waals surface area contributed by atoms with Gasteiger partial charge in [-0.2, -0.15) is 0 Å². The lowest BCUT2D eigenvalue weighted by atomic mass is 9.87. The molecule has 1 rings (SSSR count). The van der Waals surface area contributed by atoms with Crippen LogP contribution < -0.4 is 4.72 Å². The number of nitrogens with one attached hydrogen (secondary N) is 1. The number of hydrogen-bond donors (Lipinski definition) is 2. The van der Waals surface area contributed by atoms with Gasteiger partial charge < -0.3 is 5.11 Å². The second kappa shape index (κ2) is 6.15. The molecule has 0 saturated carbocycles. The van der Waals surface area contributed by atoms with Crippen molar-refractivity contribution in [3.8, 4) is 0 Å². The molecule has 20 heavy (non-hydrogen) atoms. The predicted molar refractivity (Wildman–Crippen MR) is 72.3 cm³/mol. The van der Waals surface area contributed by atoms with Crippen molar-refractivity contribution in [2.75, 3.05) is 6.54 Å². The van der Waals surface area contributed by atoms with Gasteiger partial charge in [-0.3, -0.25) is 0 Å². The highest BCUT2D eigenvalue weighted by Crippen LogP contribution is 2.23.